The summed E-state index contributed by atoms with van der Waals surface area (Å²) in [5.41, 5.74) is 0.906. The molecule has 1 aliphatic heterocycles. The molecule has 1 amide bonds. The topological polar surface area (TPSA) is 135 Å². The summed E-state index contributed by atoms with van der Waals surface area (Å²) in [6.45, 7) is 0.431. The van der Waals surface area contributed by atoms with Crippen LogP contribution in [-0.4, -0.2) is 62.6 Å². The molecule has 0 radical (unpaired) electrons. The summed E-state index contributed by atoms with van der Waals surface area (Å²) in [7, 11) is 1.74. The van der Waals surface area contributed by atoms with E-state index in [-0.39, 0.29) is 30.4 Å². The summed E-state index contributed by atoms with van der Waals surface area (Å²) in [5.74, 6) is 0.601. The molecule has 3 aromatic heterocycles. The van der Waals surface area contributed by atoms with E-state index in [0.29, 0.717) is 23.0 Å². The minimum absolute atomic E-state index is 0.0937. The van der Waals surface area contributed by atoms with Crippen molar-refractivity contribution in [1.29, 1.82) is 0 Å². The van der Waals surface area contributed by atoms with Crippen molar-refractivity contribution in [2.24, 2.45) is 0 Å². The summed E-state index contributed by atoms with van der Waals surface area (Å²) < 4.78 is 8.54. The van der Waals surface area contributed by atoms with Crippen LogP contribution < -0.4 is 21.5 Å². The van der Waals surface area contributed by atoms with Crippen molar-refractivity contribution in [3.05, 3.63) is 46.5 Å². The third-order valence-corrected chi connectivity index (χ3v) is 6.54. The lowest BCUT2D eigenvalue weighted by Gasteiger charge is -2.24. The molecule has 2 fully saturated rings. The molecule has 4 heterocycles. The molecule has 4 N–H and O–H groups in total. The predicted octanol–water partition coefficient (Wildman–Crippen LogP) is 1.67. The highest BCUT2D eigenvalue weighted by Crippen LogP contribution is 2.27. The van der Waals surface area contributed by atoms with Gasteiger partial charge in [0.25, 0.3) is 11.5 Å². The summed E-state index contributed by atoms with van der Waals surface area (Å²) in [6.07, 6.45) is 8.02. The second-order valence-corrected chi connectivity index (χ2v) is 8.81. The average Bonchev–Trinajstić information content (AvgIpc) is 3.46. The normalized spacial score (nSPS) is 21.0. The van der Waals surface area contributed by atoms with Crippen molar-refractivity contribution >= 4 is 28.9 Å². The van der Waals surface area contributed by atoms with E-state index >= 15 is 0 Å². The highest BCUT2D eigenvalue weighted by Gasteiger charge is 2.29. The lowest BCUT2D eigenvalue weighted by Crippen LogP contribution is -2.42. The van der Waals surface area contributed by atoms with E-state index in [0.717, 1.165) is 25.7 Å². The molecule has 2 unspecified atom stereocenters. The number of carbonyl (C=O) groups excluding carboxylic acids is 1. The number of ether oxygens (including phenoxy) is 1. The van der Waals surface area contributed by atoms with Gasteiger partial charge in [-0.1, -0.05) is 19.3 Å². The van der Waals surface area contributed by atoms with Crippen molar-refractivity contribution in [1.82, 2.24) is 24.5 Å². The Morgan fingerprint density at radius 1 is 1.24 bits per heavy atom. The number of amides is 1. The number of rotatable bonds is 6. The molecule has 1 saturated heterocycles. The zero-order valence-corrected chi connectivity index (χ0v) is 19.0. The molecule has 0 bridgehead atoms. The Hall–Kier alpha value is -3.44. The van der Waals surface area contributed by atoms with Crippen molar-refractivity contribution in [3.8, 4) is 0 Å². The standard InChI is InChI=1S/C23H29N7O4/c1-24-20-10-19(26-16-8-5-9-29(23(16)33)14-6-3-2-4-7-14)28-21-15(11-25-30(20)21)22(32)27-17-12-34-13-18(17)31/h5,8-11,14,17-18,24,31H,2-4,6-7,12-13H2,1H3,(H,26,28)(H,27,32). The van der Waals surface area contributed by atoms with Crippen LogP contribution in [-0.2, 0) is 4.74 Å². The molecule has 0 spiro atoms. The first-order valence-electron chi connectivity index (χ1n) is 11.7. The maximum Gasteiger partial charge on any atom is 0.274 e. The fourth-order valence-corrected chi connectivity index (χ4v) is 4.68. The first-order chi connectivity index (χ1) is 16.5. The Balaban J connectivity index is 1.46. The minimum Gasteiger partial charge on any atom is -0.388 e. The van der Waals surface area contributed by atoms with Gasteiger partial charge in [-0.3, -0.25) is 9.59 Å². The van der Waals surface area contributed by atoms with Gasteiger partial charge in [-0.2, -0.15) is 9.61 Å². The van der Waals surface area contributed by atoms with Crippen LogP contribution in [0.2, 0.25) is 0 Å². The number of nitrogens with zero attached hydrogens (tertiary/aromatic N) is 4. The zero-order valence-electron chi connectivity index (χ0n) is 19.0. The SMILES string of the molecule is CNc1cc(Nc2cccn(C3CCCCC3)c2=O)nc2c(C(=O)NC3COCC3O)cnn12. The zero-order chi connectivity index (χ0) is 23.7. The highest BCUT2D eigenvalue weighted by molar-refractivity contribution is 6.00. The molecular weight excluding hydrogens is 438 g/mol. The number of aliphatic hydroxyl groups excluding tert-OH is 1. The quantitative estimate of drug-likeness (QED) is 0.430. The highest BCUT2D eigenvalue weighted by atomic mass is 16.5. The predicted molar refractivity (Wildman–Crippen MR) is 127 cm³/mol. The molecule has 2 atom stereocenters. The molecule has 5 rings (SSSR count). The molecule has 1 saturated carbocycles. The Morgan fingerprint density at radius 2 is 2.06 bits per heavy atom. The third kappa shape index (κ3) is 4.24. The van der Waals surface area contributed by atoms with Gasteiger partial charge in [0.1, 0.15) is 22.9 Å². The number of nitrogens with one attached hydrogen (secondary N) is 3. The van der Waals surface area contributed by atoms with Crippen molar-refractivity contribution in [2.45, 2.75) is 50.3 Å². The van der Waals surface area contributed by atoms with Crippen LogP contribution in [0.3, 0.4) is 0 Å². The van der Waals surface area contributed by atoms with E-state index in [4.69, 9.17) is 4.74 Å². The Morgan fingerprint density at radius 3 is 2.79 bits per heavy atom. The average molecular weight is 468 g/mol. The van der Waals surface area contributed by atoms with Gasteiger partial charge in [0.2, 0.25) is 0 Å². The van der Waals surface area contributed by atoms with Gasteiger partial charge in [0.05, 0.1) is 31.6 Å². The van der Waals surface area contributed by atoms with Crippen LogP contribution in [0.15, 0.2) is 35.4 Å². The van der Waals surface area contributed by atoms with Gasteiger partial charge in [-0.05, 0) is 25.0 Å². The van der Waals surface area contributed by atoms with Crippen LogP contribution in [0.25, 0.3) is 5.65 Å². The van der Waals surface area contributed by atoms with E-state index in [1.165, 1.54) is 17.1 Å². The number of carbonyl (C=O) groups is 1. The molecule has 3 aromatic rings. The maximum atomic E-state index is 13.2. The first kappa shape index (κ1) is 22.4. The number of anilines is 3. The van der Waals surface area contributed by atoms with Gasteiger partial charge in [0.15, 0.2) is 5.65 Å². The molecule has 11 heteroatoms. The number of aliphatic hydroxyl groups is 1. The van der Waals surface area contributed by atoms with E-state index in [2.05, 4.69) is 26.0 Å². The fourth-order valence-electron chi connectivity index (χ4n) is 4.68. The second kappa shape index (κ2) is 9.43. The first-order valence-corrected chi connectivity index (χ1v) is 11.7. The maximum absolute atomic E-state index is 13.2. The molecule has 1 aliphatic carbocycles. The van der Waals surface area contributed by atoms with Gasteiger partial charge in [0, 0.05) is 25.4 Å². The molecule has 11 nitrogen and oxygen atoms in total. The number of pyridine rings is 1. The summed E-state index contributed by atoms with van der Waals surface area (Å²) in [4.78, 5) is 30.7. The van der Waals surface area contributed by atoms with E-state index in [1.807, 2.05) is 16.8 Å². The van der Waals surface area contributed by atoms with Crippen molar-refractivity contribution in [3.63, 3.8) is 0 Å². The van der Waals surface area contributed by atoms with Crippen LogP contribution >= 0.6 is 0 Å². The Kier molecular flexibility index (Phi) is 6.20. The molecule has 0 aromatic carbocycles. The van der Waals surface area contributed by atoms with Gasteiger partial charge < -0.3 is 30.4 Å². The Labute approximate surface area is 196 Å². The lowest BCUT2D eigenvalue weighted by molar-refractivity contribution is 0.0888. The summed E-state index contributed by atoms with van der Waals surface area (Å²) in [6, 6.07) is 5.05. The van der Waals surface area contributed by atoms with E-state index < -0.39 is 18.1 Å². The van der Waals surface area contributed by atoms with Crippen LogP contribution in [0.4, 0.5) is 17.3 Å². The largest absolute Gasteiger partial charge is 0.388 e. The number of fused-ring (bicyclic) bond motifs is 1. The summed E-state index contributed by atoms with van der Waals surface area (Å²) >= 11 is 0. The monoisotopic (exact) mass is 467 g/mol. The molecule has 34 heavy (non-hydrogen) atoms. The number of aromatic nitrogens is 4. The number of hydrogen-bond donors (Lipinski definition) is 4. The molecule has 2 aliphatic rings. The van der Waals surface area contributed by atoms with Gasteiger partial charge in [-0.15, -0.1) is 0 Å². The van der Waals surface area contributed by atoms with Gasteiger partial charge >= 0.3 is 0 Å². The summed E-state index contributed by atoms with van der Waals surface area (Å²) in [5, 5.41) is 23.2. The fraction of sp³-hybridized carbons (Fsp3) is 0.478. The van der Waals surface area contributed by atoms with Crippen LogP contribution in [0.5, 0.6) is 0 Å². The van der Waals surface area contributed by atoms with E-state index in [9.17, 15) is 14.7 Å². The van der Waals surface area contributed by atoms with Crippen molar-refractivity contribution < 1.29 is 14.6 Å². The Bertz CT molecular complexity index is 1250. The molecule has 180 valence electrons. The number of hydrogen-bond acceptors (Lipinski definition) is 8. The third-order valence-electron chi connectivity index (χ3n) is 6.54. The van der Waals surface area contributed by atoms with Crippen molar-refractivity contribution in [2.75, 3.05) is 30.9 Å². The van der Waals surface area contributed by atoms with Crippen LogP contribution in [0, 0.1) is 0 Å². The minimum atomic E-state index is -0.756. The lowest BCUT2D eigenvalue weighted by atomic mass is 9.95. The van der Waals surface area contributed by atoms with E-state index in [1.54, 1.807) is 19.2 Å². The van der Waals surface area contributed by atoms with Crippen LogP contribution in [0.1, 0.15) is 48.5 Å². The molecular formula is C23H29N7O4. The smallest absolute Gasteiger partial charge is 0.274 e. The second-order valence-electron chi connectivity index (χ2n) is 8.81. The van der Waals surface area contributed by atoms with Gasteiger partial charge in [-0.25, -0.2) is 4.98 Å².